The number of benzene rings is 1. The highest BCUT2D eigenvalue weighted by Gasteiger charge is 2.20. The molecular formula is C18H25N3O3. The number of aryl methyl sites for hydroxylation is 1. The van der Waals surface area contributed by atoms with Crippen LogP contribution in [0.25, 0.3) is 0 Å². The van der Waals surface area contributed by atoms with Crippen molar-refractivity contribution in [2.75, 3.05) is 31.6 Å². The molecule has 2 fully saturated rings. The number of likely N-dealkylation sites (tertiary alicyclic amines) is 1. The van der Waals surface area contributed by atoms with Crippen LogP contribution < -0.4 is 10.6 Å². The lowest BCUT2D eigenvalue weighted by Crippen LogP contribution is -2.35. The molecule has 0 spiro atoms. The van der Waals surface area contributed by atoms with Crippen molar-refractivity contribution in [3.8, 4) is 0 Å². The number of carbonyl (C=O) groups is 2. The van der Waals surface area contributed by atoms with E-state index in [0.717, 1.165) is 56.6 Å². The highest BCUT2D eigenvalue weighted by Crippen LogP contribution is 2.19. The quantitative estimate of drug-likeness (QED) is 0.891. The van der Waals surface area contributed by atoms with Crippen LogP contribution in [0, 0.1) is 6.92 Å². The van der Waals surface area contributed by atoms with Gasteiger partial charge in [-0.3, -0.25) is 4.79 Å². The Bertz CT molecular complexity index is 606. The largest absolute Gasteiger partial charge is 0.376 e. The zero-order valence-corrected chi connectivity index (χ0v) is 14.1. The molecule has 6 nitrogen and oxygen atoms in total. The van der Waals surface area contributed by atoms with Gasteiger partial charge >= 0.3 is 6.03 Å². The third kappa shape index (κ3) is 4.06. The molecule has 2 heterocycles. The number of nitrogens with zero attached hydrogens (tertiary/aromatic N) is 1. The summed E-state index contributed by atoms with van der Waals surface area (Å²) in [5, 5.41) is 5.67. The minimum Gasteiger partial charge on any atom is -0.376 e. The van der Waals surface area contributed by atoms with Gasteiger partial charge in [0.2, 0.25) is 0 Å². The molecule has 1 aromatic carbocycles. The molecule has 2 saturated heterocycles. The van der Waals surface area contributed by atoms with E-state index in [1.165, 1.54) is 0 Å². The summed E-state index contributed by atoms with van der Waals surface area (Å²) in [6.45, 7) is 4.87. The van der Waals surface area contributed by atoms with E-state index in [1.807, 2.05) is 17.9 Å². The molecule has 0 saturated carbocycles. The zero-order chi connectivity index (χ0) is 16.9. The second-order valence-corrected chi connectivity index (χ2v) is 6.50. The fraction of sp³-hybridized carbons (Fsp3) is 0.556. The van der Waals surface area contributed by atoms with E-state index in [1.54, 1.807) is 12.1 Å². The number of nitrogens with one attached hydrogen (secondary N) is 2. The van der Waals surface area contributed by atoms with Gasteiger partial charge < -0.3 is 20.3 Å². The van der Waals surface area contributed by atoms with Gasteiger partial charge in [-0.05, 0) is 56.4 Å². The number of hydrogen-bond donors (Lipinski definition) is 2. The van der Waals surface area contributed by atoms with Gasteiger partial charge in [0.1, 0.15) is 0 Å². The van der Waals surface area contributed by atoms with Crippen LogP contribution in [0.3, 0.4) is 0 Å². The lowest BCUT2D eigenvalue weighted by atomic mass is 10.1. The van der Waals surface area contributed by atoms with Crippen molar-refractivity contribution in [1.82, 2.24) is 10.2 Å². The van der Waals surface area contributed by atoms with Crippen LogP contribution in [0.1, 0.15) is 41.6 Å². The Morgan fingerprint density at radius 2 is 2.04 bits per heavy atom. The highest BCUT2D eigenvalue weighted by atomic mass is 16.5. The van der Waals surface area contributed by atoms with Crippen LogP contribution in [-0.4, -0.2) is 49.2 Å². The van der Waals surface area contributed by atoms with Crippen LogP contribution >= 0.6 is 0 Å². The van der Waals surface area contributed by atoms with Gasteiger partial charge in [0, 0.05) is 37.5 Å². The lowest BCUT2D eigenvalue weighted by Gasteiger charge is -2.17. The number of ether oxygens (including phenoxy) is 1. The molecule has 1 atom stereocenters. The summed E-state index contributed by atoms with van der Waals surface area (Å²) >= 11 is 0. The van der Waals surface area contributed by atoms with Crippen LogP contribution in [0.5, 0.6) is 0 Å². The molecule has 3 rings (SSSR count). The third-order valence-electron chi connectivity index (χ3n) is 4.63. The predicted molar refractivity (Wildman–Crippen MR) is 92.3 cm³/mol. The van der Waals surface area contributed by atoms with E-state index in [2.05, 4.69) is 10.6 Å². The maximum absolute atomic E-state index is 12.4. The average molecular weight is 331 g/mol. The summed E-state index contributed by atoms with van der Waals surface area (Å²) in [4.78, 5) is 26.3. The summed E-state index contributed by atoms with van der Waals surface area (Å²) < 4.78 is 5.48. The molecule has 1 unspecified atom stereocenters. The fourth-order valence-corrected chi connectivity index (χ4v) is 3.22. The van der Waals surface area contributed by atoms with Gasteiger partial charge in [0.25, 0.3) is 5.91 Å². The first-order chi connectivity index (χ1) is 11.6. The number of carbonyl (C=O) groups excluding carboxylic acids is 2. The van der Waals surface area contributed by atoms with Crippen LogP contribution in [0.4, 0.5) is 10.5 Å². The Hall–Kier alpha value is -2.08. The second kappa shape index (κ2) is 7.66. The Labute approximate surface area is 142 Å². The molecule has 1 aromatic rings. The summed E-state index contributed by atoms with van der Waals surface area (Å²) in [6, 6.07) is 5.18. The summed E-state index contributed by atoms with van der Waals surface area (Å²) in [7, 11) is 0. The predicted octanol–water partition coefficient (Wildman–Crippen LogP) is 2.53. The number of urea groups is 1. The van der Waals surface area contributed by atoms with Crippen molar-refractivity contribution in [3.63, 3.8) is 0 Å². The molecule has 2 N–H and O–H groups in total. The lowest BCUT2D eigenvalue weighted by molar-refractivity contribution is 0.0792. The van der Waals surface area contributed by atoms with Crippen molar-refractivity contribution in [1.29, 1.82) is 0 Å². The van der Waals surface area contributed by atoms with Crippen molar-refractivity contribution in [2.45, 2.75) is 38.7 Å². The average Bonchev–Trinajstić information content (AvgIpc) is 3.27. The topological polar surface area (TPSA) is 70.7 Å². The van der Waals surface area contributed by atoms with Crippen LogP contribution in [0.2, 0.25) is 0 Å². The van der Waals surface area contributed by atoms with Crippen molar-refractivity contribution >= 4 is 17.6 Å². The zero-order valence-electron chi connectivity index (χ0n) is 14.1. The highest BCUT2D eigenvalue weighted by molar-refractivity contribution is 5.96. The van der Waals surface area contributed by atoms with Gasteiger partial charge in [-0.2, -0.15) is 0 Å². The molecule has 24 heavy (non-hydrogen) atoms. The molecule has 2 aliphatic heterocycles. The van der Waals surface area contributed by atoms with E-state index in [0.29, 0.717) is 12.1 Å². The van der Waals surface area contributed by atoms with E-state index in [9.17, 15) is 9.59 Å². The summed E-state index contributed by atoms with van der Waals surface area (Å²) in [5.41, 5.74) is 2.28. The Balaban J connectivity index is 1.55. The maximum atomic E-state index is 12.4. The number of hydrogen-bond acceptors (Lipinski definition) is 3. The molecule has 130 valence electrons. The first-order valence-electron chi connectivity index (χ1n) is 8.70. The first kappa shape index (κ1) is 16.8. The van der Waals surface area contributed by atoms with E-state index < -0.39 is 0 Å². The Kier molecular flexibility index (Phi) is 5.35. The van der Waals surface area contributed by atoms with E-state index >= 15 is 0 Å². The Morgan fingerprint density at radius 1 is 1.25 bits per heavy atom. The second-order valence-electron chi connectivity index (χ2n) is 6.50. The molecule has 0 radical (unpaired) electrons. The van der Waals surface area contributed by atoms with Crippen LogP contribution in [-0.2, 0) is 4.74 Å². The molecule has 6 heteroatoms. The molecule has 0 aromatic heterocycles. The normalized spacial score (nSPS) is 20.2. The summed E-state index contributed by atoms with van der Waals surface area (Å²) in [6.07, 6.45) is 4.33. The number of amides is 3. The maximum Gasteiger partial charge on any atom is 0.319 e. The van der Waals surface area contributed by atoms with Crippen LogP contribution in [0.15, 0.2) is 18.2 Å². The SMILES string of the molecule is Cc1cc(C(=O)N2CCCC2)ccc1NC(=O)NCC1CCCO1. The van der Waals surface area contributed by atoms with Gasteiger partial charge in [0.15, 0.2) is 0 Å². The van der Waals surface area contributed by atoms with Crippen molar-refractivity contribution in [3.05, 3.63) is 29.3 Å². The van der Waals surface area contributed by atoms with Gasteiger partial charge in [-0.1, -0.05) is 0 Å². The summed E-state index contributed by atoms with van der Waals surface area (Å²) in [5.74, 6) is 0.0741. The molecule has 0 aliphatic carbocycles. The minimum atomic E-state index is -0.243. The smallest absolute Gasteiger partial charge is 0.319 e. The molecular weight excluding hydrogens is 306 g/mol. The minimum absolute atomic E-state index is 0.0741. The number of anilines is 1. The standard InChI is InChI=1S/C18H25N3O3/c1-13-11-14(17(22)21-8-2-3-9-21)6-7-16(13)20-18(23)19-12-15-5-4-10-24-15/h6-7,11,15H,2-5,8-10,12H2,1H3,(H2,19,20,23). The molecule has 2 aliphatic rings. The van der Waals surface area contributed by atoms with Gasteiger partial charge in [-0.15, -0.1) is 0 Å². The molecule has 3 amide bonds. The fourth-order valence-electron chi connectivity index (χ4n) is 3.22. The monoisotopic (exact) mass is 331 g/mol. The Morgan fingerprint density at radius 3 is 2.71 bits per heavy atom. The first-order valence-corrected chi connectivity index (χ1v) is 8.70. The van der Waals surface area contributed by atoms with Crippen molar-refractivity contribution in [2.24, 2.45) is 0 Å². The van der Waals surface area contributed by atoms with Crippen molar-refractivity contribution < 1.29 is 14.3 Å². The van der Waals surface area contributed by atoms with Gasteiger partial charge in [0.05, 0.1) is 6.10 Å². The molecule has 0 bridgehead atoms. The third-order valence-corrected chi connectivity index (χ3v) is 4.63. The van der Waals surface area contributed by atoms with Gasteiger partial charge in [-0.25, -0.2) is 4.79 Å². The van der Waals surface area contributed by atoms with E-state index in [4.69, 9.17) is 4.74 Å². The number of rotatable bonds is 4. The van der Waals surface area contributed by atoms with E-state index in [-0.39, 0.29) is 18.0 Å².